The Kier molecular flexibility index (Phi) is 1.55. The molecule has 0 bridgehead atoms. The second-order valence-corrected chi connectivity index (χ2v) is 2.94. The van der Waals surface area contributed by atoms with Crippen LogP contribution in [-0.4, -0.2) is 16.7 Å². The van der Waals surface area contributed by atoms with E-state index >= 15 is 0 Å². The molecule has 4 nitrogen and oxygen atoms in total. The molecule has 0 radical (unpaired) electrons. The second-order valence-electron chi connectivity index (χ2n) is 2.94. The SMILES string of the molecule is NC(=O)C1=Cc2[nH]ccc2C(=O)C1. The van der Waals surface area contributed by atoms with Crippen LogP contribution in [0.25, 0.3) is 6.08 Å². The molecule has 0 spiro atoms. The lowest BCUT2D eigenvalue weighted by molar-refractivity contribution is -0.114. The molecule has 1 heterocycles. The number of carbonyl (C=O) groups is 2. The van der Waals surface area contributed by atoms with E-state index in [4.69, 9.17) is 5.73 Å². The van der Waals surface area contributed by atoms with Crippen molar-refractivity contribution in [3.05, 3.63) is 29.1 Å². The van der Waals surface area contributed by atoms with E-state index in [9.17, 15) is 9.59 Å². The average molecular weight is 176 g/mol. The molecule has 13 heavy (non-hydrogen) atoms. The van der Waals surface area contributed by atoms with E-state index in [-0.39, 0.29) is 12.2 Å². The van der Waals surface area contributed by atoms with Crippen LogP contribution in [0.2, 0.25) is 0 Å². The number of primary amides is 1. The molecule has 1 amide bonds. The standard InChI is InChI=1S/C9H8N2O2/c10-9(13)5-3-7-6(1-2-11-7)8(12)4-5/h1-3,11H,4H2,(H2,10,13). The quantitative estimate of drug-likeness (QED) is 0.652. The minimum atomic E-state index is -0.534. The first-order valence-electron chi connectivity index (χ1n) is 3.89. The van der Waals surface area contributed by atoms with Crippen LogP contribution < -0.4 is 5.73 Å². The lowest BCUT2D eigenvalue weighted by atomic mass is 9.96. The van der Waals surface area contributed by atoms with Gasteiger partial charge in [-0.2, -0.15) is 0 Å². The number of Topliss-reactive ketones (excluding diaryl/α,β-unsaturated/α-hetero) is 1. The van der Waals surface area contributed by atoms with Crippen molar-refractivity contribution in [1.29, 1.82) is 0 Å². The van der Waals surface area contributed by atoms with Gasteiger partial charge in [-0.15, -0.1) is 0 Å². The third-order valence-corrected chi connectivity index (χ3v) is 2.07. The fourth-order valence-electron chi connectivity index (χ4n) is 1.40. The average Bonchev–Trinajstić information content (AvgIpc) is 2.51. The van der Waals surface area contributed by atoms with Crippen molar-refractivity contribution in [3.63, 3.8) is 0 Å². The van der Waals surface area contributed by atoms with Crippen molar-refractivity contribution >= 4 is 17.8 Å². The zero-order chi connectivity index (χ0) is 9.42. The van der Waals surface area contributed by atoms with Gasteiger partial charge in [-0.05, 0) is 12.1 Å². The molecular weight excluding hydrogens is 168 g/mol. The highest BCUT2D eigenvalue weighted by molar-refractivity contribution is 6.11. The summed E-state index contributed by atoms with van der Waals surface area (Å²) < 4.78 is 0. The first kappa shape index (κ1) is 7.79. The molecule has 1 aliphatic rings. The highest BCUT2D eigenvalue weighted by Crippen LogP contribution is 2.22. The van der Waals surface area contributed by atoms with Gasteiger partial charge in [0.05, 0.1) is 0 Å². The molecule has 2 rings (SSSR count). The Morgan fingerprint density at radius 3 is 3.00 bits per heavy atom. The molecule has 3 N–H and O–H groups in total. The zero-order valence-corrected chi connectivity index (χ0v) is 6.83. The van der Waals surface area contributed by atoms with Crippen LogP contribution in [0.4, 0.5) is 0 Å². The van der Waals surface area contributed by atoms with Gasteiger partial charge in [-0.1, -0.05) is 0 Å². The van der Waals surface area contributed by atoms with Crippen molar-refractivity contribution < 1.29 is 9.59 Å². The van der Waals surface area contributed by atoms with Crippen LogP contribution in [0.3, 0.4) is 0 Å². The molecule has 0 aromatic carbocycles. The summed E-state index contributed by atoms with van der Waals surface area (Å²) in [6.45, 7) is 0. The molecule has 0 fully saturated rings. The molecule has 0 saturated carbocycles. The summed E-state index contributed by atoms with van der Waals surface area (Å²) in [6, 6.07) is 1.70. The van der Waals surface area contributed by atoms with Gasteiger partial charge in [0, 0.05) is 29.4 Å². The lowest BCUT2D eigenvalue weighted by Crippen LogP contribution is -2.19. The number of amides is 1. The fraction of sp³-hybridized carbons (Fsp3) is 0.111. The Bertz CT molecular complexity index is 415. The van der Waals surface area contributed by atoms with E-state index in [1.54, 1.807) is 18.3 Å². The van der Waals surface area contributed by atoms with Crippen LogP contribution in [0.15, 0.2) is 17.8 Å². The number of nitrogens with one attached hydrogen (secondary N) is 1. The van der Waals surface area contributed by atoms with Crippen LogP contribution in [0.1, 0.15) is 22.5 Å². The molecule has 1 aliphatic carbocycles. The predicted octanol–water partition coefficient (Wildman–Crippen LogP) is 0.470. The summed E-state index contributed by atoms with van der Waals surface area (Å²) in [5.41, 5.74) is 6.74. The minimum Gasteiger partial charge on any atom is -0.366 e. The van der Waals surface area contributed by atoms with Crippen molar-refractivity contribution in [1.82, 2.24) is 4.98 Å². The number of carbonyl (C=O) groups excluding carboxylic acids is 2. The number of aromatic amines is 1. The van der Waals surface area contributed by atoms with Crippen LogP contribution >= 0.6 is 0 Å². The van der Waals surface area contributed by atoms with Gasteiger partial charge < -0.3 is 10.7 Å². The largest absolute Gasteiger partial charge is 0.366 e. The number of hydrogen-bond donors (Lipinski definition) is 2. The molecule has 66 valence electrons. The van der Waals surface area contributed by atoms with Crippen molar-refractivity contribution in [2.45, 2.75) is 6.42 Å². The van der Waals surface area contributed by atoms with Gasteiger partial charge in [0.2, 0.25) is 5.91 Å². The maximum Gasteiger partial charge on any atom is 0.245 e. The lowest BCUT2D eigenvalue weighted by Gasteiger charge is -2.08. The first-order chi connectivity index (χ1) is 6.18. The Morgan fingerprint density at radius 1 is 1.54 bits per heavy atom. The summed E-state index contributed by atoms with van der Waals surface area (Å²) >= 11 is 0. The third-order valence-electron chi connectivity index (χ3n) is 2.07. The van der Waals surface area contributed by atoms with Crippen molar-refractivity contribution in [3.8, 4) is 0 Å². The Balaban J connectivity index is 2.52. The molecule has 0 unspecified atom stereocenters. The Labute approximate surface area is 74.4 Å². The molecule has 0 saturated heterocycles. The van der Waals surface area contributed by atoms with E-state index in [1.807, 2.05) is 0 Å². The zero-order valence-electron chi connectivity index (χ0n) is 6.83. The minimum absolute atomic E-state index is 0.0625. The smallest absolute Gasteiger partial charge is 0.245 e. The second kappa shape index (κ2) is 2.58. The summed E-state index contributed by atoms with van der Waals surface area (Å²) in [6.07, 6.45) is 3.41. The summed E-state index contributed by atoms with van der Waals surface area (Å²) in [4.78, 5) is 25.1. The maximum atomic E-state index is 11.4. The van der Waals surface area contributed by atoms with Gasteiger partial charge in [0.1, 0.15) is 0 Å². The number of hydrogen-bond acceptors (Lipinski definition) is 2. The van der Waals surface area contributed by atoms with Gasteiger partial charge in [0.25, 0.3) is 0 Å². The highest BCUT2D eigenvalue weighted by atomic mass is 16.1. The number of nitrogens with two attached hydrogens (primary N) is 1. The van der Waals surface area contributed by atoms with E-state index in [2.05, 4.69) is 4.98 Å². The molecular formula is C9H8N2O2. The number of aromatic nitrogens is 1. The Hall–Kier alpha value is -1.84. The number of rotatable bonds is 1. The topological polar surface area (TPSA) is 76.0 Å². The number of H-pyrrole nitrogens is 1. The maximum absolute atomic E-state index is 11.4. The molecule has 4 heteroatoms. The molecule has 0 atom stereocenters. The van der Waals surface area contributed by atoms with Gasteiger partial charge >= 0.3 is 0 Å². The van der Waals surface area contributed by atoms with Crippen LogP contribution in [0.5, 0.6) is 0 Å². The Morgan fingerprint density at radius 2 is 2.31 bits per heavy atom. The van der Waals surface area contributed by atoms with Crippen molar-refractivity contribution in [2.24, 2.45) is 5.73 Å². The monoisotopic (exact) mass is 176 g/mol. The third kappa shape index (κ3) is 1.16. The van der Waals surface area contributed by atoms with E-state index in [1.165, 1.54) is 0 Å². The molecule has 0 aliphatic heterocycles. The van der Waals surface area contributed by atoms with Gasteiger partial charge in [-0.3, -0.25) is 9.59 Å². The van der Waals surface area contributed by atoms with Crippen LogP contribution in [-0.2, 0) is 4.79 Å². The normalized spacial score (nSPS) is 15.1. The van der Waals surface area contributed by atoms with Gasteiger partial charge in [-0.25, -0.2) is 0 Å². The van der Waals surface area contributed by atoms with E-state index in [0.717, 1.165) is 0 Å². The predicted molar refractivity (Wildman–Crippen MR) is 46.9 cm³/mol. The van der Waals surface area contributed by atoms with Gasteiger partial charge in [0.15, 0.2) is 5.78 Å². The fourth-order valence-corrected chi connectivity index (χ4v) is 1.40. The molecule has 1 aromatic rings. The number of ketones is 1. The van der Waals surface area contributed by atoms with E-state index in [0.29, 0.717) is 16.8 Å². The van der Waals surface area contributed by atoms with Crippen LogP contribution in [0, 0.1) is 0 Å². The van der Waals surface area contributed by atoms with E-state index < -0.39 is 5.91 Å². The first-order valence-corrected chi connectivity index (χ1v) is 3.89. The highest BCUT2D eigenvalue weighted by Gasteiger charge is 2.21. The van der Waals surface area contributed by atoms with Crippen molar-refractivity contribution in [2.75, 3.05) is 0 Å². The summed E-state index contributed by atoms with van der Waals surface area (Å²) in [5, 5.41) is 0. The molecule has 1 aromatic heterocycles. The summed E-state index contributed by atoms with van der Waals surface area (Å²) in [7, 11) is 0. The summed E-state index contributed by atoms with van der Waals surface area (Å²) in [5.74, 6) is -0.596. The number of fused-ring (bicyclic) bond motifs is 1.